The first-order valence-corrected chi connectivity index (χ1v) is 9.49. The predicted molar refractivity (Wildman–Crippen MR) is 99.4 cm³/mol. The summed E-state index contributed by atoms with van der Waals surface area (Å²) in [5.41, 5.74) is 3.88. The molecule has 5 nitrogen and oxygen atoms in total. The van der Waals surface area contributed by atoms with Gasteiger partial charge in [0.2, 0.25) is 10.0 Å². The average molecular weight is 358 g/mol. The topological polar surface area (TPSA) is 60.3 Å². The molecule has 1 N–H and O–H groups in total. The van der Waals surface area contributed by atoms with E-state index in [0.29, 0.717) is 11.3 Å². The zero-order valence-electron chi connectivity index (χ0n) is 14.8. The second kappa shape index (κ2) is 6.54. The molecule has 0 aliphatic rings. The molecule has 25 heavy (non-hydrogen) atoms. The molecule has 0 aliphatic heterocycles. The molecular formula is C19H22N2O3S. The van der Waals surface area contributed by atoms with Crippen LogP contribution in [0.1, 0.15) is 16.8 Å². The summed E-state index contributed by atoms with van der Waals surface area (Å²) < 4.78 is 35.1. The van der Waals surface area contributed by atoms with Crippen molar-refractivity contribution in [2.45, 2.75) is 25.3 Å². The third-order valence-corrected chi connectivity index (χ3v) is 6.05. The first-order chi connectivity index (χ1) is 11.8. The minimum atomic E-state index is -3.58. The Bertz CT molecular complexity index is 1040. The van der Waals surface area contributed by atoms with Crippen molar-refractivity contribution in [3.05, 3.63) is 59.3 Å². The Hall–Kier alpha value is -2.31. The lowest BCUT2D eigenvalue weighted by atomic mass is 10.1. The van der Waals surface area contributed by atoms with Gasteiger partial charge < -0.3 is 9.30 Å². The van der Waals surface area contributed by atoms with Gasteiger partial charge in [0.25, 0.3) is 0 Å². The van der Waals surface area contributed by atoms with Gasteiger partial charge >= 0.3 is 0 Å². The molecular weight excluding hydrogens is 336 g/mol. The molecule has 0 saturated carbocycles. The standard InChI is InChI=1S/C19H22N2O3S/c1-13-9-17(24-4)6-8-19(13)25(22,23)20-12-15-5-7-18-16(11-15)10-14(2)21(18)3/h5-11,20H,12H2,1-4H3. The zero-order valence-corrected chi connectivity index (χ0v) is 15.6. The second-order valence-electron chi connectivity index (χ2n) is 6.19. The number of nitrogens with zero attached hydrogens (tertiary/aromatic N) is 1. The van der Waals surface area contributed by atoms with Gasteiger partial charge in [-0.1, -0.05) is 6.07 Å². The molecule has 0 amide bonds. The molecule has 6 heteroatoms. The minimum absolute atomic E-state index is 0.248. The van der Waals surface area contributed by atoms with Crippen LogP contribution in [-0.2, 0) is 23.6 Å². The summed E-state index contributed by atoms with van der Waals surface area (Å²) in [6.45, 7) is 4.06. The minimum Gasteiger partial charge on any atom is -0.497 e. The van der Waals surface area contributed by atoms with Gasteiger partial charge in [-0.05, 0) is 61.4 Å². The molecule has 0 bridgehead atoms. The monoisotopic (exact) mass is 358 g/mol. The molecule has 0 unspecified atom stereocenters. The van der Waals surface area contributed by atoms with Gasteiger partial charge in [0.05, 0.1) is 12.0 Å². The van der Waals surface area contributed by atoms with Crippen LogP contribution in [0.25, 0.3) is 10.9 Å². The maximum Gasteiger partial charge on any atom is 0.241 e. The van der Waals surface area contributed by atoms with Crippen molar-refractivity contribution >= 4 is 20.9 Å². The fourth-order valence-electron chi connectivity index (χ4n) is 2.95. The summed E-state index contributed by atoms with van der Waals surface area (Å²) in [5.74, 6) is 0.640. The normalized spacial score (nSPS) is 11.8. The summed E-state index contributed by atoms with van der Waals surface area (Å²) in [7, 11) is -0.00261. The van der Waals surface area contributed by atoms with E-state index in [1.807, 2.05) is 25.2 Å². The summed E-state index contributed by atoms with van der Waals surface area (Å²) in [4.78, 5) is 0.268. The second-order valence-corrected chi connectivity index (χ2v) is 7.93. The number of methoxy groups -OCH3 is 1. The van der Waals surface area contributed by atoms with Crippen molar-refractivity contribution < 1.29 is 13.2 Å². The SMILES string of the molecule is COc1ccc(S(=O)(=O)NCc2ccc3c(c2)cc(C)n3C)c(C)c1. The van der Waals surface area contributed by atoms with Crippen LogP contribution in [-0.4, -0.2) is 20.1 Å². The van der Waals surface area contributed by atoms with Crippen LogP contribution in [0.4, 0.5) is 0 Å². The fraction of sp³-hybridized carbons (Fsp3) is 0.263. The Balaban J connectivity index is 1.82. The van der Waals surface area contributed by atoms with Crippen LogP contribution in [0.3, 0.4) is 0 Å². The largest absolute Gasteiger partial charge is 0.497 e. The Morgan fingerprint density at radius 3 is 2.52 bits per heavy atom. The van der Waals surface area contributed by atoms with Crippen LogP contribution in [0.2, 0.25) is 0 Å². The maximum atomic E-state index is 12.6. The molecule has 0 radical (unpaired) electrons. The van der Waals surface area contributed by atoms with E-state index in [4.69, 9.17) is 4.74 Å². The van der Waals surface area contributed by atoms with Gasteiger partial charge in [-0.15, -0.1) is 0 Å². The van der Waals surface area contributed by atoms with E-state index in [1.54, 1.807) is 32.2 Å². The molecule has 3 rings (SSSR count). The average Bonchev–Trinajstić information content (AvgIpc) is 2.86. The number of hydrogen-bond acceptors (Lipinski definition) is 3. The summed E-state index contributed by atoms with van der Waals surface area (Å²) in [6, 6.07) is 13.0. The van der Waals surface area contributed by atoms with Gasteiger partial charge in [0.1, 0.15) is 5.75 Å². The van der Waals surface area contributed by atoms with Gasteiger partial charge in [-0.3, -0.25) is 0 Å². The lowest BCUT2D eigenvalue weighted by Crippen LogP contribution is -2.24. The Morgan fingerprint density at radius 2 is 1.84 bits per heavy atom. The van der Waals surface area contributed by atoms with Crippen LogP contribution in [0.5, 0.6) is 5.75 Å². The number of rotatable bonds is 5. The lowest BCUT2D eigenvalue weighted by Gasteiger charge is -2.11. The zero-order chi connectivity index (χ0) is 18.2. The number of ether oxygens (including phenoxy) is 1. The van der Waals surface area contributed by atoms with Gasteiger partial charge in [0, 0.05) is 30.2 Å². The first kappa shape index (κ1) is 17.5. The molecule has 1 heterocycles. The molecule has 0 spiro atoms. The Kier molecular flexibility index (Phi) is 4.58. The Morgan fingerprint density at radius 1 is 1.08 bits per heavy atom. The third kappa shape index (κ3) is 3.41. The number of aryl methyl sites for hydroxylation is 3. The van der Waals surface area contributed by atoms with Gasteiger partial charge in [0.15, 0.2) is 0 Å². The molecule has 1 aromatic heterocycles. The Labute approximate surface area is 148 Å². The number of nitrogens with one attached hydrogen (secondary N) is 1. The van der Waals surface area contributed by atoms with Crippen LogP contribution < -0.4 is 9.46 Å². The van der Waals surface area contributed by atoms with E-state index in [1.165, 1.54) is 5.69 Å². The van der Waals surface area contributed by atoms with E-state index in [0.717, 1.165) is 16.5 Å². The number of fused-ring (bicyclic) bond motifs is 1. The van der Waals surface area contributed by atoms with Gasteiger partial charge in [-0.25, -0.2) is 13.1 Å². The van der Waals surface area contributed by atoms with Crippen molar-refractivity contribution in [2.24, 2.45) is 7.05 Å². The molecule has 0 fully saturated rings. The smallest absolute Gasteiger partial charge is 0.241 e. The van der Waals surface area contributed by atoms with E-state index in [-0.39, 0.29) is 11.4 Å². The summed E-state index contributed by atoms with van der Waals surface area (Å²) >= 11 is 0. The van der Waals surface area contributed by atoms with Crippen molar-refractivity contribution in [2.75, 3.05) is 7.11 Å². The molecule has 0 saturated heterocycles. The van der Waals surface area contributed by atoms with Crippen molar-refractivity contribution in [3.63, 3.8) is 0 Å². The third-order valence-electron chi connectivity index (χ3n) is 4.48. The molecule has 132 valence electrons. The quantitative estimate of drug-likeness (QED) is 0.761. The number of benzene rings is 2. The fourth-order valence-corrected chi connectivity index (χ4v) is 4.20. The van der Waals surface area contributed by atoms with Crippen molar-refractivity contribution in [3.8, 4) is 5.75 Å². The highest BCUT2D eigenvalue weighted by molar-refractivity contribution is 7.89. The van der Waals surface area contributed by atoms with Crippen molar-refractivity contribution in [1.82, 2.24) is 9.29 Å². The van der Waals surface area contributed by atoms with E-state index < -0.39 is 10.0 Å². The number of sulfonamides is 1. The molecule has 3 aromatic rings. The lowest BCUT2D eigenvalue weighted by molar-refractivity contribution is 0.414. The van der Waals surface area contributed by atoms with Crippen LogP contribution in [0, 0.1) is 13.8 Å². The molecule has 0 aliphatic carbocycles. The van der Waals surface area contributed by atoms with E-state index in [2.05, 4.69) is 22.3 Å². The molecule has 2 aromatic carbocycles. The maximum absolute atomic E-state index is 12.6. The van der Waals surface area contributed by atoms with E-state index in [9.17, 15) is 8.42 Å². The van der Waals surface area contributed by atoms with Gasteiger partial charge in [-0.2, -0.15) is 0 Å². The van der Waals surface area contributed by atoms with Crippen LogP contribution in [0.15, 0.2) is 47.4 Å². The van der Waals surface area contributed by atoms with E-state index >= 15 is 0 Å². The number of aromatic nitrogens is 1. The highest BCUT2D eigenvalue weighted by Gasteiger charge is 2.17. The highest BCUT2D eigenvalue weighted by atomic mass is 32.2. The van der Waals surface area contributed by atoms with Crippen LogP contribution >= 0.6 is 0 Å². The number of hydrogen-bond donors (Lipinski definition) is 1. The van der Waals surface area contributed by atoms with Crippen molar-refractivity contribution in [1.29, 1.82) is 0 Å². The summed E-state index contributed by atoms with van der Waals surface area (Å²) in [5, 5.41) is 1.11. The molecule has 0 atom stereocenters. The summed E-state index contributed by atoms with van der Waals surface area (Å²) in [6.07, 6.45) is 0. The highest BCUT2D eigenvalue weighted by Crippen LogP contribution is 2.22. The first-order valence-electron chi connectivity index (χ1n) is 8.01. The predicted octanol–water partition coefficient (Wildman–Crippen LogP) is 3.28.